The summed E-state index contributed by atoms with van der Waals surface area (Å²) in [6.45, 7) is 0. The van der Waals surface area contributed by atoms with E-state index in [0.29, 0.717) is 18.4 Å². The van der Waals surface area contributed by atoms with Crippen molar-refractivity contribution in [3.63, 3.8) is 0 Å². The van der Waals surface area contributed by atoms with Gasteiger partial charge < -0.3 is 0 Å². The number of terminal acetylenes is 1. The molecule has 0 aliphatic heterocycles. The van der Waals surface area contributed by atoms with Gasteiger partial charge in [0, 0.05) is 12.0 Å². The van der Waals surface area contributed by atoms with E-state index in [-0.39, 0.29) is 0 Å². The molecule has 0 saturated carbocycles. The van der Waals surface area contributed by atoms with E-state index in [1.165, 1.54) is 0 Å². The second-order valence-corrected chi connectivity index (χ2v) is 2.63. The lowest BCUT2D eigenvalue weighted by molar-refractivity contribution is -0.108. The highest BCUT2D eigenvalue weighted by molar-refractivity contribution is 6.00. The third-order valence-electron chi connectivity index (χ3n) is 1.74. The average Bonchev–Trinajstić information content (AvgIpc) is 2.19. The van der Waals surface area contributed by atoms with E-state index >= 15 is 0 Å². The Morgan fingerprint density at radius 3 is 2.86 bits per heavy atom. The van der Waals surface area contributed by atoms with Gasteiger partial charge in [-0.1, -0.05) is 18.2 Å². The van der Waals surface area contributed by atoms with E-state index in [2.05, 4.69) is 11.2 Å². The van der Waals surface area contributed by atoms with Gasteiger partial charge >= 0.3 is 0 Å². The minimum Gasteiger partial charge on any atom is -0.295 e. The summed E-state index contributed by atoms with van der Waals surface area (Å²) in [6, 6.07) is 6.91. The van der Waals surface area contributed by atoms with Gasteiger partial charge in [-0.2, -0.15) is 0 Å². The quantitative estimate of drug-likeness (QED) is 0.560. The summed E-state index contributed by atoms with van der Waals surface area (Å²) < 4.78 is 0. The Labute approximate surface area is 82.1 Å². The Hall–Kier alpha value is -2.08. The molecule has 3 heteroatoms. The molecule has 0 aromatic heterocycles. The molecule has 0 bridgehead atoms. The van der Waals surface area contributed by atoms with Crippen LogP contribution in [-0.2, 0) is 11.2 Å². The van der Waals surface area contributed by atoms with Crippen LogP contribution in [0.2, 0.25) is 0 Å². The minimum atomic E-state index is -0.425. The summed E-state index contributed by atoms with van der Waals surface area (Å²) in [6.07, 6.45) is 5.89. The molecule has 0 fully saturated rings. The van der Waals surface area contributed by atoms with Crippen LogP contribution in [0.3, 0.4) is 0 Å². The normalized spacial score (nSPS) is 8.79. The number of rotatable bonds is 3. The van der Waals surface area contributed by atoms with Gasteiger partial charge in [-0.05, 0) is 11.6 Å². The second-order valence-electron chi connectivity index (χ2n) is 2.63. The highest BCUT2D eigenvalue weighted by Crippen LogP contribution is 2.08. The first-order valence-corrected chi connectivity index (χ1v) is 4.05. The van der Waals surface area contributed by atoms with Crippen LogP contribution < -0.4 is 5.32 Å². The largest absolute Gasteiger partial charge is 0.295 e. The number of amides is 2. The van der Waals surface area contributed by atoms with Crippen molar-refractivity contribution in [3.05, 3.63) is 35.4 Å². The van der Waals surface area contributed by atoms with Crippen LogP contribution in [0.25, 0.3) is 0 Å². The molecule has 0 heterocycles. The Balaban J connectivity index is 3.01. The fourth-order valence-electron chi connectivity index (χ4n) is 1.14. The van der Waals surface area contributed by atoms with Crippen LogP contribution in [0.4, 0.5) is 0 Å². The molecule has 1 aromatic rings. The van der Waals surface area contributed by atoms with E-state index in [0.717, 1.165) is 5.56 Å². The second kappa shape index (κ2) is 4.83. The van der Waals surface area contributed by atoms with E-state index in [9.17, 15) is 9.59 Å². The maximum Gasteiger partial charge on any atom is 0.257 e. The summed E-state index contributed by atoms with van der Waals surface area (Å²) in [5.74, 6) is 2.03. The average molecular weight is 187 g/mol. The van der Waals surface area contributed by atoms with E-state index in [1.807, 2.05) is 0 Å². The first-order chi connectivity index (χ1) is 6.79. The van der Waals surface area contributed by atoms with Gasteiger partial charge in [0.15, 0.2) is 0 Å². The van der Waals surface area contributed by atoms with Crippen molar-refractivity contribution in [2.75, 3.05) is 0 Å². The first kappa shape index (κ1) is 10.0. The van der Waals surface area contributed by atoms with Crippen LogP contribution in [0.5, 0.6) is 0 Å². The number of carbonyl (C=O) groups excluding carboxylic acids is 2. The van der Waals surface area contributed by atoms with Crippen molar-refractivity contribution in [2.45, 2.75) is 6.42 Å². The van der Waals surface area contributed by atoms with Gasteiger partial charge in [-0.25, -0.2) is 0 Å². The molecule has 14 heavy (non-hydrogen) atoms. The van der Waals surface area contributed by atoms with E-state index in [1.54, 1.807) is 24.3 Å². The number of benzene rings is 1. The Morgan fingerprint density at radius 2 is 2.21 bits per heavy atom. The molecule has 70 valence electrons. The van der Waals surface area contributed by atoms with Crippen molar-refractivity contribution in [3.8, 4) is 12.3 Å². The maximum absolute atomic E-state index is 11.3. The molecule has 1 aromatic carbocycles. The van der Waals surface area contributed by atoms with Crippen LogP contribution in [0.15, 0.2) is 24.3 Å². The SMILES string of the molecule is C#CCc1ccccc1C(=O)NC=O. The molecule has 1 rings (SSSR count). The Morgan fingerprint density at radius 1 is 1.50 bits per heavy atom. The predicted octanol–water partition coefficient (Wildman–Crippen LogP) is 0.749. The molecule has 0 radical (unpaired) electrons. The van der Waals surface area contributed by atoms with Gasteiger partial charge in [-0.15, -0.1) is 12.3 Å². The lowest BCUT2D eigenvalue weighted by Gasteiger charge is -2.03. The van der Waals surface area contributed by atoms with E-state index < -0.39 is 5.91 Å². The molecule has 0 saturated heterocycles. The lowest BCUT2D eigenvalue weighted by atomic mass is 10.0. The van der Waals surface area contributed by atoms with Crippen molar-refractivity contribution in [2.24, 2.45) is 0 Å². The molecular formula is C11H9NO2. The first-order valence-electron chi connectivity index (χ1n) is 4.05. The lowest BCUT2D eigenvalue weighted by Crippen LogP contribution is -2.22. The third-order valence-corrected chi connectivity index (χ3v) is 1.74. The van der Waals surface area contributed by atoms with Crippen LogP contribution in [0, 0.1) is 12.3 Å². The number of carbonyl (C=O) groups is 2. The van der Waals surface area contributed by atoms with Gasteiger partial charge in [0.05, 0.1) is 0 Å². The molecule has 0 unspecified atom stereocenters. The Bertz CT molecular complexity index is 391. The summed E-state index contributed by atoms with van der Waals surface area (Å²) >= 11 is 0. The van der Waals surface area contributed by atoms with Crippen LogP contribution >= 0.6 is 0 Å². The number of imide groups is 1. The van der Waals surface area contributed by atoms with E-state index in [4.69, 9.17) is 6.42 Å². The summed E-state index contributed by atoms with van der Waals surface area (Å²) in [5, 5.41) is 2.07. The van der Waals surface area contributed by atoms with Crippen LogP contribution in [-0.4, -0.2) is 12.3 Å². The number of hydrogen-bond donors (Lipinski definition) is 1. The number of hydrogen-bond acceptors (Lipinski definition) is 2. The highest BCUT2D eigenvalue weighted by Gasteiger charge is 2.08. The predicted molar refractivity (Wildman–Crippen MR) is 52.5 cm³/mol. The minimum absolute atomic E-state index is 0.356. The summed E-state index contributed by atoms with van der Waals surface area (Å²) in [7, 11) is 0. The fraction of sp³-hybridized carbons (Fsp3) is 0.0909. The van der Waals surface area contributed by atoms with Crippen molar-refractivity contribution < 1.29 is 9.59 Å². The van der Waals surface area contributed by atoms with Crippen molar-refractivity contribution >= 4 is 12.3 Å². The smallest absolute Gasteiger partial charge is 0.257 e. The Kier molecular flexibility index (Phi) is 3.45. The zero-order valence-corrected chi connectivity index (χ0v) is 7.49. The molecule has 1 N–H and O–H groups in total. The standard InChI is InChI=1S/C11H9NO2/c1-2-5-9-6-3-4-7-10(9)11(14)12-8-13/h1,3-4,6-8H,5H2,(H,12,13,14). The fourth-order valence-corrected chi connectivity index (χ4v) is 1.14. The maximum atomic E-state index is 11.3. The van der Waals surface area contributed by atoms with Gasteiger partial charge in [0.1, 0.15) is 0 Å². The highest BCUT2D eigenvalue weighted by atomic mass is 16.2. The molecular weight excluding hydrogens is 178 g/mol. The molecule has 2 amide bonds. The summed E-state index contributed by atoms with van der Waals surface area (Å²) in [4.78, 5) is 21.4. The zero-order valence-electron chi connectivity index (χ0n) is 7.49. The third kappa shape index (κ3) is 2.20. The van der Waals surface area contributed by atoms with Gasteiger partial charge in [0.25, 0.3) is 5.91 Å². The molecule has 3 nitrogen and oxygen atoms in total. The van der Waals surface area contributed by atoms with Crippen LogP contribution in [0.1, 0.15) is 15.9 Å². The monoisotopic (exact) mass is 187 g/mol. The van der Waals surface area contributed by atoms with Crippen molar-refractivity contribution in [1.82, 2.24) is 5.32 Å². The van der Waals surface area contributed by atoms with Crippen molar-refractivity contribution in [1.29, 1.82) is 0 Å². The number of nitrogens with one attached hydrogen (secondary N) is 1. The van der Waals surface area contributed by atoms with Gasteiger partial charge in [-0.3, -0.25) is 14.9 Å². The molecule has 0 spiro atoms. The molecule has 0 aliphatic carbocycles. The van der Waals surface area contributed by atoms with Gasteiger partial charge in [0.2, 0.25) is 6.41 Å². The summed E-state index contributed by atoms with van der Waals surface area (Å²) in [5.41, 5.74) is 1.19. The zero-order chi connectivity index (χ0) is 10.4. The molecule has 0 atom stereocenters. The topological polar surface area (TPSA) is 46.2 Å². The molecule has 0 aliphatic rings.